The van der Waals surface area contributed by atoms with E-state index in [4.69, 9.17) is 17.3 Å². The minimum absolute atomic E-state index is 0.0543. The second kappa shape index (κ2) is 6.41. The molecule has 4 nitrogen and oxygen atoms in total. The first-order valence-corrected chi connectivity index (χ1v) is 6.88. The Morgan fingerprint density at radius 2 is 1.81 bits per heavy atom. The molecule has 0 bridgehead atoms. The number of nitrogens with zero attached hydrogens (tertiary/aromatic N) is 1. The molecule has 2 aromatic carbocycles. The van der Waals surface area contributed by atoms with Crippen LogP contribution in [0.15, 0.2) is 47.5 Å². The molecule has 0 saturated carbocycles. The molecule has 21 heavy (non-hydrogen) atoms. The highest BCUT2D eigenvalue weighted by Gasteiger charge is 2.12. The van der Waals surface area contributed by atoms with Crippen LogP contribution in [0.25, 0.3) is 11.1 Å². The average molecular weight is 303 g/mol. The lowest BCUT2D eigenvalue weighted by Gasteiger charge is -2.07. The Labute approximate surface area is 127 Å². The molecule has 0 heterocycles. The number of benzene rings is 2. The van der Waals surface area contributed by atoms with Crippen LogP contribution in [0.4, 0.5) is 5.69 Å². The molecule has 108 valence electrons. The molecule has 0 amide bonds. The minimum Gasteiger partial charge on any atom is -0.478 e. The molecule has 0 aliphatic rings. The van der Waals surface area contributed by atoms with Gasteiger partial charge >= 0.3 is 5.97 Å². The summed E-state index contributed by atoms with van der Waals surface area (Å²) in [5, 5.41) is 9.32. The normalized spacial score (nSPS) is 11.4. The molecule has 2 aromatic rings. The molecular weight excluding hydrogens is 288 g/mol. The van der Waals surface area contributed by atoms with Gasteiger partial charge in [0.2, 0.25) is 0 Å². The third kappa shape index (κ3) is 3.61. The highest BCUT2D eigenvalue weighted by molar-refractivity contribution is 6.28. The van der Waals surface area contributed by atoms with Gasteiger partial charge in [-0.3, -0.25) is 0 Å². The number of halogens is 1. The Morgan fingerprint density at radius 1 is 1.19 bits per heavy atom. The number of aliphatic imine (C=N–C) groups is 1. The molecule has 0 spiro atoms. The van der Waals surface area contributed by atoms with Crippen molar-refractivity contribution < 1.29 is 9.90 Å². The maximum atomic E-state index is 11.4. The maximum absolute atomic E-state index is 11.4. The van der Waals surface area contributed by atoms with Crippen LogP contribution < -0.4 is 5.73 Å². The number of rotatable bonds is 4. The lowest BCUT2D eigenvalue weighted by atomic mass is 10.0. The van der Waals surface area contributed by atoms with E-state index in [0.717, 1.165) is 16.7 Å². The average Bonchev–Trinajstić information content (AvgIpc) is 2.48. The molecule has 0 saturated heterocycles. The van der Waals surface area contributed by atoms with Gasteiger partial charge in [0.15, 0.2) is 0 Å². The van der Waals surface area contributed by atoms with Crippen LogP contribution >= 0.6 is 11.6 Å². The van der Waals surface area contributed by atoms with Gasteiger partial charge in [-0.25, -0.2) is 9.79 Å². The smallest absolute Gasteiger partial charge is 0.337 e. The zero-order valence-electron chi connectivity index (χ0n) is 11.5. The van der Waals surface area contributed by atoms with Crippen LogP contribution in [0.1, 0.15) is 15.9 Å². The van der Waals surface area contributed by atoms with Crippen LogP contribution in [0.2, 0.25) is 0 Å². The lowest BCUT2D eigenvalue weighted by molar-refractivity contribution is 0.0698. The number of nitrogens with two attached hydrogens (primary N) is 1. The largest absolute Gasteiger partial charge is 0.478 e. The van der Waals surface area contributed by atoms with Crippen LogP contribution in [0, 0.1) is 6.92 Å². The summed E-state index contributed by atoms with van der Waals surface area (Å²) < 4.78 is 0. The Hall–Kier alpha value is -2.33. The van der Waals surface area contributed by atoms with E-state index < -0.39 is 5.97 Å². The Morgan fingerprint density at radius 3 is 2.38 bits per heavy atom. The molecule has 0 aliphatic carbocycles. The first-order chi connectivity index (χ1) is 10.0. The van der Waals surface area contributed by atoms with Crippen LogP contribution in [0.5, 0.6) is 0 Å². The number of aryl methyl sites for hydroxylation is 1. The van der Waals surface area contributed by atoms with Gasteiger partial charge in [-0.1, -0.05) is 35.9 Å². The zero-order valence-corrected chi connectivity index (χ0v) is 12.3. The molecule has 3 N–H and O–H groups in total. The van der Waals surface area contributed by atoms with Gasteiger partial charge < -0.3 is 10.8 Å². The van der Waals surface area contributed by atoms with Crippen molar-refractivity contribution >= 4 is 29.1 Å². The standard InChI is InChI=1S/C16H15ClN2O2/c1-10-2-4-11(5-3-10)12-6-7-14(19-15(18)9-17)13(8-12)16(20)21/h2-8H,9H2,1H3,(H2,18,19)(H,20,21). The number of hydrogen-bond acceptors (Lipinski definition) is 2. The third-order valence-electron chi connectivity index (χ3n) is 3.01. The van der Waals surface area contributed by atoms with Gasteiger partial charge in [0.1, 0.15) is 5.84 Å². The van der Waals surface area contributed by atoms with E-state index in [9.17, 15) is 9.90 Å². The van der Waals surface area contributed by atoms with Crippen LogP contribution in [-0.2, 0) is 0 Å². The van der Waals surface area contributed by atoms with E-state index in [1.165, 1.54) is 0 Å². The molecular formula is C16H15ClN2O2. The molecule has 0 fully saturated rings. The molecule has 0 atom stereocenters. The summed E-state index contributed by atoms with van der Waals surface area (Å²) in [5.74, 6) is -0.814. The Balaban J connectivity index is 2.50. The van der Waals surface area contributed by atoms with E-state index in [2.05, 4.69) is 4.99 Å². The SMILES string of the molecule is Cc1ccc(-c2ccc(N=C(N)CCl)c(C(=O)O)c2)cc1. The lowest BCUT2D eigenvalue weighted by Crippen LogP contribution is -2.12. The predicted octanol–water partition coefficient (Wildman–Crippen LogP) is 3.59. The van der Waals surface area contributed by atoms with Crippen molar-refractivity contribution in [3.8, 4) is 11.1 Å². The molecule has 0 radical (unpaired) electrons. The van der Waals surface area contributed by atoms with Crippen LogP contribution in [0.3, 0.4) is 0 Å². The molecule has 0 aliphatic heterocycles. The monoisotopic (exact) mass is 302 g/mol. The van der Waals surface area contributed by atoms with Gasteiger partial charge in [-0.2, -0.15) is 0 Å². The molecule has 5 heteroatoms. The van der Waals surface area contributed by atoms with Gasteiger partial charge in [0.05, 0.1) is 17.1 Å². The summed E-state index contributed by atoms with van der Waals surface area (Å²) in [6.45, 7) is 2.00. The van der Waals surface area contributed by atoms with Gasteiger partial charge in [0.25, 0.3) is 0 Å². The number of aromatic carboxylic acids is 1. The summed E-state index contributed by atoms with van der Waals surface area (Å²) in [5.41, 5.74) is 8.88. The van der Waals surface area contributed by atoms with Gasteiger partial charge in [0, 0.05) is 0 Å². The first kappa shape index (κ1) is 15.1. The zero-order chi connectivity index (χ0) is 15.4. The van der Waals surface area contributed by atoms with E-state index in [0.29, 0.717) is 5.69 Å². The summed E-state index contributed by atoms with van der Waals surface area (Å²) in [6, 6.07) is 12.9. The fourth-order valence-corrected chi connectivity index (χ4v) is 1.97. The summed E-state index contributed by atoms with van der Waals surface area (Å²) in [7, 11) is 0. The Bertz CT molecular complexity index is 694. The number of carboxylic acids is 1. The second-order valence-corrected chi connectivity index (χ2v) is 4.91. The van der Waals surface area contributed by atoms with Crippen molar-refractivity contribution in [2.24, 2.45) is 10.7 Å². The van der Waals surface area contributed by atoms with Crippen molar-refractivity contribution in [3.63, 3.8) is 0 Å². The Kier molecular flexibility index (Phi) is 4.60. The van der Waals surface area contributed by atoms with E-state index >= 15 is 0 Å². The first-order valence-electron chi connectivity index (χ1n) is 6.34. The van der Waals surface area contributed by atoms with Crippen LogP contribution in [-0.4, -0.2) is 22.8 Å². The van der Waals surface area contributed by atoms with Crippen molar-refractivity contribution in [1.29, 1.82) is 0 Å². The van der Waals surface area contributed by atoms with Crippen molar-refractivity contribution in [2.75, 3.05) is 5.88 Å². The number of carbonyl (C=O) groups is 1. The molecule has 0 unspecified atom stereocenters. The number of hydrogen-bond donors (Lipinski definition) is 2. The highest BCUT2D eigenvalue weighted by atomic mass is 35.5. The topological polar surface area (TPSA) is 75.7 Å². The summed E-state index contributed by atoms with van der Waals surface area (Å²) in [6.07, 6.45) is 0. The maximum Gasteiger partial charge on any atom is 0.337 e. The fourth-order valence-electron chi connectivity index (χ4n) is 1.92. The fraction of sp³-hybridized carbons (Fsp3) is 0.125. The summed E-state index contributed by atoms with van der Waals surface area (Å²) in [4.78, 5) is 15.4. The number of alkyl halides is 1. The van der Waals surface area contributed by atoms with E-state index in [-0.39, 0.29) is 17.3 Å². The van der Waals surface area contributed by atoms with E-state index in [1.807, 2.05) is 37.3 Å². The van der Waals surface area contributed by atoms with Gasteiger partial charge in [-0.05, 0) is 30.2 Å². The second-order valence-electron chi connectivity index (χ2n) is 4.64. The number of amidine groups is 1. The highest BCUT2D eigenvalue weighted by Crippen LogP contribution is 2.27. The predicted molar refractivity (Wildman–Crippen MR) is 85.6 cm³/mol. The third-order valence-corrected chi connectivity index (χ3v) is 3.29. The van der Waals surface area contributed by atoms with Crippen molar-refractivity contribution in [3.05, 3.63) is 53.6 Å². The van der Waals surface area contributed by atoms with E-state index in [1.54, 1.807) is 12.1 Å². The quantitative estimate of drug-likeness (QED) is 0.515. The summed E-state index contributed by atoms with van der Waals surface area (Å²) >= 11 is 5.57. The van der Waals surface area contributed by atoms with Crippen molar-refractivity contribution in [1.82, 2.24) is 0 Å². The van der Waals surface area contributed by atoms with Crippen molar-refractivity contribution in [2.45, 2.75) is 6.92 Å². The molecule has 0 aromatic heterocycles. The minimum atomic E-state index is -1.05. The van der Waals surface area contributed by atoms with Gasteiger partial charge in [-0.15, -0.1) is 11.6 Å². The number of carboxylic acid groups (broad SMARTS) is 1. The molecule has 2 rings (SSSR count).